The van der Waals surface area contributed by atoms with Crippen LogP contribution in [-0.4, -0.2) is 62.5 Å². The summed E-state index contributed by atoms with van der Waals surface area (Å²) >= 11 is 0. The number of benzene rings is 2. The Bertz CT molecular complexity index is 1060. The molecule has 32 heavy (non-hydrogen) atoms. The van der Waals surface area contributed by atoms with Crippen LogP contribution in [0, 0.1) is 0 Å². The van der Waals surface area contributed by atoms with E-state index in [0.29, 0.717) is 12.1 Å². The van der Waals surface area contributed by atoms with Gasteiger partial charge in [-0.15, -0.1) is 0 Å². The van der Waals surface area contributed by atoms with Crippen molar-refractivity contribution in [3.05, 3.63) is 65.2 Å². The fraction of sp³-hybridized carbons (Fsp3) is 0.348. The van der Waals surface area contributed by atoms with E-state index in [9.17, 15) is 22.8 Å². The van der Waals surface area contributed by atoms with Crippen LogP contribution in [0.1, 0.15) is 35.3 Å². The summed E-state index contributed by atoms with van der Waals surface area (Å²) in [6.45, 7) is 2.78. The minimum Gasteiger partial charge on any atom is -0.455 e. The monoisotopic (exact) mass is 460 g/mol. The van der Waals surface area contributed by atoms with E-state index in [4.69, 9.17) is 4.74 Å². The van der Waals surface area contributed by atoms with Crippen molar-refractivity contribution in [2.24, 2.45) is 0 Å². The first-order valence-corrected chi connectivity index (χ1v) is 11.5. The number of rotatable bonds is 10. The van der Waals surface area contributed by atoms with Crippen molar-refractivity contribution >= 4 is 27.7 Å². The van der Waals surface area contributed by atoms with Crippen LogP contribution < -0.4 is 0 Å². The van der Waals surface area contributed by atoms with Gasteiger partial charge in [0.1, 0.15) is 6.54 Å². The average Bonchev–Trinajstić information content (AvgIpc) is 2.77. The Morgan fingerprint density at radius 3 is 2.00 bits per heavy atom. The number of ether oxygens (including phenoxy) is 1. The number of ketones is 1. The van der Waals surface area contributed by atoms with Crippen LogP contribution in [0.4, 0.5) is 0 Å². The van der Waals surface area contributed by atoms with E-state index in [-0.39, 0.29) is 10.7 Å². The molecule has 0 saturated heterocycles. The maximum Gasteiger partial charge on any atom is 0.321 e. The Morgan fingerprint density at radius 2 is 1.47 bits per heavy atom. The molecule has 0 radical (unpaired) electrons. The van der Waals surface area contributed by atoms with Crippen LogP contribution in [0.25, 0.3) is 0 Å². The van der Waals surface area contributed by atoms with E-state index in [1.807, 2.05) is 24.3 Å². The minimum atomic E-state index is -3.95. The van der Waals surface area contributed by atoms with Gasteiger partial charge < -0.3 is 9.64 Å². The second-order valence-corrected chi connectivity index (χ2v) is 9.47. The second kappa shape index (κ2) is 11.0. The lowest BCUT2D eigenvalue weighted by Crippen LogP contribution is -2.35. The highest BCUT2D eigenvalue weighted by Crippen LogP contribution is 2.15. The number of sulfonamides is 1. The summed E-state index contributed by atoms with van der Waals surface area (Å²) in [6.07, 6.45) is 0.929. The molecule has 0 aliphatic rings. The quantitative estimate of drug-likeness (QED) is 0.398. The number of hydrogen-bond donors (Lipinski definition) is 0. The maximum atomic E-state index is 12.6. The SMILES string of the molecule is CCc1ccc(CN(C)C(=O)COC(=O)CN(C)S(=O)(=O)c2ccc(C(C)=O)cc2)cc1. The van der Waals surface area contributed by atoms with E-state index < -0.39 is 35.1 Å². The minimum absolute atomic E-state index is 0.0531. The molecule has 2 aromatic carbocycles. The second-order valence-electron chi connectivity index (χ2n) is 7.42. The Kier molecular flexibility index (Phi) is 8.68. The molecule has 2 aromatic rings. The first-order valence-electron chi connectivity index (χ1n) is 10.1. The molecule has 0 spiro atoms. The molecule has 9 heteroatoms. The van der Waals surface area contributed by atoms with Crippen molar-refractivity contribution in [1.82, 2.24) is 9.21 Å². The molecule has 0 aromatic heterocycles. The van der Waals surface area contributed by atoms with E-state index in [1.165, 1.54) is 48.7 Å². The summed E-state index contributed by atoms with van der Waals surface area (Å²) in [7, 11) is -1.11. The Labute approximate surface area is 188 Å². The number of nitrogens with zero attached hydrogens (tertiary/aromatic N) is 2. The molecule has 2 rings (SSSR count). The number of Topliss-reactive ketones (excluding diaryl/α,β-unsaturated/α-hetero) is 1. The molecular formula is C23H28N2O6S. The number of hydrogen-bond acceptors (Lipinski definition) is 6. The largest absolute Gasteiger partial charge is 0.455 e. The zero-order valence-electron chi connectivity index (χ0n) is 18.7. The highest BCUT2D eigenvalue weighted by molar-refractivity contribution is 7.89. The van der Waals surface area contributed by atoms with Gasteiger partial charge in [0, 0.05) is 26.2 Å². The van der Waals surface area contributed by atoms with Crippen molar-refractivity contribution in [2.75, 3.05) is 27.2 Å². The van der Waals surface area contributed by atoms with Gasteiger partial charge in [-0.3, -0.25) is 14.4 Å². The number of carbonyl (C=O) groups excluding carboxylic acids is 3. The Morgan fingerprint density at radius 1 is 0.906 bits per heavy atom. The van der Waals surface area contributed by atoms with Gasteiger partial charge in [-0.25, -0.2) is 8.42 Å². The molecule has 0 atom stereocenters. The molecule has 0 heterocycles. The number of carbonyl (C=O) groups is 3. The van der Waals surface area contributed by atoms with Gasteiger partial charge in [0.05, 0.1) is 4.90 Å². The predicted molar refractivity (Wildman–Crippen MR) is 120 cm³/mol. The van der Waals surface area contributed by atoms with Crippen LogP contribution in [0.15, 0.2) is 53.4 Å². The van der Waals surface area contributed by atoms with Gasteiger partial charge in [-0.2, -0.15) is 4.31 Å². The van der Waals surface area contributed by atoms with Crippen molar-refractivity contribution in [1.29, 1.82) is 0 Å². The lowest BCUT2D eigenvalue weighted by atomic mass is 10.1. The van der Waals surface area contributed by atoms with E-state index in [1.54, 1.807) is 7.05 Å². The molecule has 0 saturated carbocycles. The first-order chi connectivity index (χ1) is 15.0. The summed E-state index contributed by atoms with van der Waals surface area (Å²) in [5.41, 5.74) is 2.53. The van der Waals surface area contributed by atoms with E-state index >= 15 is 0 Å². The molecule has 0 N–H and O–H groups in total. The summed E-state index contributed by atoms with van der Waals surface area (Å²) in [6, 6.07) is 13.3. The third kappa shape index (κ3) is 6.73. The lowest BCUT2D eigenvalue weighted by Gasteiger charge is -2.19. The van der Waals surface area contributed by atoms with Crippen LogP contribution in [0.5, 0.6) is 0 Å². The van der Waals surface area contributed by atoms with Crippen molar-refractivity contribution in [3.8, 4) is 0 Å². The maximum absolute atomic E-state index is 12.6. The lowest BCUT2D eigenvalue weighted by molar-refractivity contribution is -0.151. The topological polar surface area (TPSA) is 101 Å². The number of likely N-dealkylation sites (N-methyl/N-ethyl adjacent to an activating group) is 2. The van der Waals surface area contributed by atoms with Crippen LogP contribution in [-0.2, 0) is 37.3 Å². The fourth-order valence-corrected chi connectivity index (χ4v) is 3.96. The number of amides is 1. The van der Waals surface area contributed by atoms with Gasteiger partial charge in [0.25, 0.3) is 5.91 Å². The normalized spacial score (nSPS) is 11.3. The van der Waals surface area contributed by atoms with Gasteiger partial charge >= 0.3 is 5.97 Å². The average molecular weight is 461 g/mol. The van der Waals surface area contributed by atoms with Gasteiger partial charge in [-0.05, 0) is 36.6 Å². The first kappa shape index (κ1) is 25.2. The molecular weight excluding hydrogens is 432 g/mol. The zero-order valence-corrected chi connectivity index (χ0v) is 19.5. The van der Waals surface area contributed by atoms with Crippen molar-refractivity contribution in [3.63, 3.8) is 0 Å². The zero-order chi connectivity index (χ0) is 23.9. The standard InChI is InChI=1S/C23H28N2O6S/c1-5-18-6-8-19(9-7-18)14-24(3)22(27)16-31-23(28)15-25(4)32(29,30)21-12-10-20(11-13-21)17(2)26/h6-13H,5,14-16H2,1-4H3. The molecule has 8 nitrogen and oxygen atoms in total. The van der Waals surface area contributed by atoms with Gasteiger partial charge in [-0.1, -0.05) is 43.3 Å². The third-order valence-corrected chi connectivity index (χ3v) is 6.77. The molecule has 0 fully saturated rings. The van der Waals surface area contributed by atoms with Gasteiger partial charge in [0.15, 0.2) is 12.4 Å². The van der Waals surface area contributed by atoms with E-state index in [2.05, 4.69) is 6.92 Å². The summed E-state index contributed by atoms with van der Waals surface area (Å²) in [5, 5.41) is 0. The number of esters is 1. The number of aryl methyl sites for hydroxylation is 1. The Balaban J connectivity index is 1.87. The summed E-state index contributed by atoms with van der Waals surface area (Å²) in [5.74, 6) is -1.42. The molecule has 0 unspecified atom stereocenters. The smallest absolute Gasteiger partial charge is 0.321 e. The van der Waals surface area contributed by atoms with Crippen LogP contribution in [0.2, 0.25) is 0 Å². The van der Waals surface area contributed by atoms with Crippen LogP contribution >= 0.6 is 0 Å². The summed E-state index contributed by atoms with van der Waals surface area (Å²) in [4.78, 5) is 37.1. The third-order valence-electron chi connectivity index (χ3n) is 4.95. The molecule has 1 amide bonds. The fourth-order valence-electron chi connectivity index (χ4n) is 2.85. The van der Waals surface area contributed by atoms with E-state index in [0.717, 1.165) is 16.3 Å². The molecule has 0 aliphatic heterocycles. The molecule has 0 bridgehead atoms. The van der Waals surface area contributed by atoms with Crippen molar-refractivity contribution < 1.29 is 27.5 Å². The van der Waals surface area contributed by atoms with Crippen LogP contribution in [0.3, 0.4) is 0 Å². The Hall–Kier alpha value is -3.04. The highest BCUT2D eigenvalue weighted by Gasteiger charge is 2.24. The predicted octanol–water partition coefficient (Wildman–Crippen LogP) is 2.27. The highest BCUT2D eigenvalue weighted by atomic mass is 32.2. The van der Waals surface area contributed by atoms with Crippen molar-refractivity contribution in [2.45, 2.75) is 31.7 Å². The summed E-state index contributed by atoms with van der Waals surface area (Å²) < 4.78 is 31.0. The van der Waals surface area contributed by atoms with Gasteiger partial charge in [0.2, 0.25) is 10.0 Å². The molecule has 172 valence electrons. The molecule has 0 aliphatic carbocycles.